The molecule has 0 saturated heterocycles. The molecule has 1 aliphatic heterocycles. The molecule has 2 N–H and O–H groups in total. The molecule has 0 spiro atoms. The summed E-state index contributed by atoms with van der Waals surface area (Å²) in [6.07, 6.45) is 0.128. The monoisotopic (exact) mass is 471 g/mol. The number of ether oxygens (including phenoxy) is 1. The fourth-order valence-corrected chi connectivity index (χ4v) is 4.19. The number of nitrogens with zero attached hydrogens (tertiary/aromatic N) is 2. The number of aromatic nitrogens is 1. The number of alkyl halides is 2. The van der Waals surface area contributed by atoms with Crippen LogP contribution in [0.3, 0.4) is 0 Å². The molecule has 2 heterocycles. The molecule has 6 nitrogen and oxygen atoms in total. The second-order valence-electron chi connectivity index (χ2n) is 8.05. The maximum absolute atomic E-state index is 14.7. The van der Waals surface area contributed by atoms with Crippen LogP contribution in [-0.4, -0.2) is 41.3 Å². The van der Waals surface area contributed by atoms with E-state index in [1.807, 2.05) is 12.1 Å². The van der Waals surface area contributed by atoms with Gasteiger partial charge in [-0.3, -0.25) is 4.98 Å². The number of amides is 1. The number of hydrogen-bond acceptors (Lipinski definition) is 4. The van der Waals surface area contributed by atoms with E-state index < -0.39 is 29.9 Å². The molecular weight excluding hydrogens is 447 g/mol. The number of halogens is 3. The summed E-state index contributed by atoms with van der Waals surface area (Å²) in [6.45, 7) is 2.35. The smallest absolute Gasteiger partial charge is 0.407 e. The minimum Gasteiger partial charge on any atom is -0.496 e. The second-order valence-corrected chi connectivity index (χ2v) is 8.05. The summed E-state index contributed by atoms with van der Waals surface area (Å²) in [7, 11) is 1.56. The normalized spacial score (nSPS) is 14.8. The van der Waals surface area contributed by atoms with Gasteiger partial charge in [0.25, 0.3) is 6.43 Å². The van der Waals surface area contributed by atoms with E-state index in [-0.39, 0.29) is 12.1 Å². The second kappa shape index (κ2) is 9.62. The van der Waals surface area contributed by atoms with Gasteiger partial charge in [0.15, 0.2) is 0 Å². The van der Waals surface area contributed by atoms with E-state index in [9.17, 15) is 23.1 Å². The van der Waals surface area contributed by atoms with Crippen LogP contribution in [0.15, 0.2) is 48.7 Å². The number of pyridine rings is 1. The molecular formula is C25H24F3N3O3. The van der Waals surface area contributed by atoms with E-state index in [2.05, 4.69) is 10.3 Å². The molecule has 0 bridgehead atoms. The van der Waals surface area contributed by atoms with Crippen LogP contribution in [0, 0.1) is 5.82 Å². The van der Waals surface area contributed by atoms with Crippen molar-refractivity contribution in [3.8, 4) is 5.75 Å². The largest absolute Gasteiger partial charge is 0.496 e. The predicted molar refractivity (Wildman–Crippen MR) is 124 cm³/mol. The first-order valence-corrected chi connectivity index (χ1v) is 10.8. The number of carboxylic acid groups (broad SMARTS) is 1. The zero-order valence-electron chi connectivity index (χ0n) is 18.7. The molecule has 2 aromatic carbocycles. The Bertz CT molecular complexity index is 1260. The molecule has 4 rings (SSSR count). The van der Waals surface area contributed by atoms with Gasteiger partial charge in [0.1, 0.15) is 11.6 Å². The maximum Gasteiger partial charge on any atom is 0.407 e. The van der Waals surface area contributed by atoms with Crippen molar-refractivity contribution < 1.29 is 27.8 Å². The summed E-state index contributed by atoms with van der Waals surface area (Å²) in [5.41, 5.74) is 2.58. The molecule has 34 heavy (non-hydrogen) atoms. The number of methoxy groups -OCH3 is 1. The lowest BCUT2D eigenvalue weighted by Crippen LogP contribution is -2.33. The summed E-state index contributed by atoms with van der Waals surface area (Å²) in [5, 5.41) is 13.2. The van der Waals surface area contributed by atoms with Crippen molar-refractivity contribution in [3.05, 3.63) is 71.2 Å². The van der Waals surface area contributed by atoms with Crippen molar-refractivity contribution in [1.82, 2.24) is 9.88 Å². The Morgan fingerprint density at radius 3 is 2.65 bits per heavy atom. The zero-order chi connectivity index (χ0) is 24.4. The highest BCUT2D eigenvalue weighted by Crippen LogP contribution is 2.37. The number of anilines is 1. The third-order valence-corrected chi connectivity index (χ3v) is 6.02. The fourth-order valence-electron chi connectivity index (χ4n) is 4.19. The molecule has 0 radical (unpaired) electrons. The Morgan fingerprint density at radius 2 is 2.00 bits per heavy atom. The summed E-state index contributed by atoms with van der Waals surface area (Å²) < 4.78 is 46.5. The van der Waals surface area contributed by atoms with Gasteiger partial charge in [-0.25, -0.2) is 18.0 Å². The highest BCUT2D eigenvalue weighted by atomic mass is 19.3. The van der Waals surface area contributed by atoms with Gasteiger partial charge >= 0.3 is 6.09 Å². The van der Waals surface area contributed by atoms with Crippen LogP contribution < -0.4 is 10.1 Å². The number of rotatable bonds is 6. The molecule has 0 saturated carbocycles. The van der Waals surface area contributed by atoms with Crippen molar-refractivity contribution in [3.63, 3.8) is 0 Å². The summed E-state index contributed by atoms with van der Waals surface area (Å²) >= 11 is 0. The predicted octanol–water partition coefficient (Wildman–Crippen LogP) is 6.26. The van der Waals surface area contributed by atoms with E-state index in [1.165, 1.54) is 17.0 Å². The molecule has 0 aliphatic carbocycles. The fraction of sp³-hybridized carbons (Fsp3) is 0.280. The average molecular weight is 471 g/mol. The van der Waals surface area contributed by atoms with Gasteiger partial charge in [0, 0.05) is 47.6 Å². The number of nitrogens with one attached hydrogen (secondary N) is 1. The molecule has 1 aliphatic rings. The van der Waals surface area contributed by atoms with Crippen LogP contribution in [0.4, 0.5) is 23.7 Å². The Hall–Kier alpha value is -3.75. The van der Waals surface area contributed by atoms with Crippen molar-refractivity contribution in [2.45, 2.75) is 25.8 Å². The number of benzene rings is 2. The highest BCUT2D eigenvalue weighted by molar-refractivity contribution is 5.95. The van der Waals surface area contributed by atoms with Crippen LogP contribution in [0.5, 0.6) is 5.75 Å². The highest BCUT2D eigenvalue weighted by Gasteiger charge is 2.22. The van der Waals surface area contributed by atoms with E-state index in [1.54, 1.807) is 32.4 Å². The summed E-state index contributed by atoms with van der Waals surface area (Å²) in [6, 6.07) is 8.84. The Morgan fingerprint density at radius 1 is 1.24 bits per heavy atom. The molecule has 9 heteroatoms. The quantitative estimate of drug-likeness (QED) is 0.444. The average Bonchev–Trinajstić information content (AvgIpc) is 2.83. The first-order valence-electron chi connectivity index (χ1n) is 10.8. The molecule has 3 aromatic rings. The Balaban J connectivity index is 1.72. The molecule has 0 fully saturated rings. The van der Waals surface area contributed by atoms with Gasteiger partial charge in [-0.05, 0) is 31.1 Å². The lowest BCUT2D eigenvalue weighted by molar-refractivity contribution is 0.146. The molecule has 1 amide bonds. The van der Waals surface area contributed by atoms with Crippen LogP contribution in [0.1, 0.15) is 42.5 Å². The van der Waals surface area contributed by atoms with Gasteiger partial charge in [-0.2, -0.15) is 0 Å². The lowest BCUT2D eigenvalue weighted by atomic mass is 9.96. The van der Waals surface area contributed by atoms with E-state index in [4.69, 9.17) is 4.74 Å². The molecule has 1 unspecified atom stereocenters. The van der Waals surface area contributed by atoms with Crippen LogP contribution in [0.2, 0.25) is 0 Å². The minimum atomic E-state index is -2.90. The SMILES string of the molecule is COc1cc2nccc(NC(C)c3cccc(C(F)F)c3F)c2cc1C1=CCN(C(=O)O)CC1. The number of fused-ring (bicyclic) bond motifs is 1. The van der Waals surface area contributed by atoms with E-state index in [0.717, 1.165) is 22.6 Å². The minimum absolute atomic E-state index is 0.139. The van der Waals surface area contributed by atoms with Crippen molar-refractivity contribution in [1.29, 1.82) is 0 Å². The van der Waals surface area contributed by atoms with Crippen LogP contribution in [-0.2, 0) is 0 Å². The molecule has 1 atom stereocenters. The third-order valence-electron chi connectivity index (χ3n) is 6.02. The van der Waals surface area contributed by atoms with Gasteiger partial charge < -0.3 is 20.1 Å². The Kier molecular flexibility index (Phi) is 6.63. The molecule has 178 valence electrons. The standard InChI is InChI=1S/C25H24F3N3O3/c1-14(16-4-3-5-17(23(16)26)24(27)28)30-20-6-9-29-21-13-22(34-2)18(12-19(20)21)15-7-10-31(11-8-15)25(32)33/h3-7,9,12-14,24H,8,10-11H2,1-2H3,(H,29,30)(H,32,33). The number of hydrogen-bond donors (Lipinski definition) is 2. The van der Waals surface area contributed by atoms with E-state index >= 15 is 0 Å². The van der Waals surface area contributed by atoms with Gasteiger partial charge in [0.05, 0.1) is 24.2 Å². The first-order chi connectivity index (χ1) is 16.3. The van der Waals surface area contributed by atoms with Crippen molar-refractivity contribution in [2.75, 3.05) is 25.5 Å². The van der Waals surface area contributed by atoms with Crippen LogP contribution in [0.25, 0.3) is 16.5 Å². The number of carbonyl (C=O) groups is 1. The van der Waals surface area contributed by atoms with Crippen LogP contribution >= 0.6 is 0 Å². The Labute approximate surface area is 194 Å². The maximum atomic E-state index is 14.7. The topological polar surface area (TPSA) is 74.7 Å². The van der Waals surface area contributed by atoms with E-state index in [0.29, 0.717) is 29.9 Å². The summed E-state index contributed by atoms with van der Waals surface area (Å²) in [4.78, 5) is 17.0. The molecule has 1 aromatic heterocycles. The van der Waals surface area contributed by atoms with Crippen molar-refractivity contribution >= 4 is 28.3 Å². The zero-order valence-corrected chi connectivity index (χ0v) is 18.7. The van der Waals surface area contributed by atoms with Crippen molar-refractivity contribution in [2.24, 2.45) is 0 Å². The van der Waals surface area contributed by atoms with Gasteiger partial charge in [-0.15, -0.1) is 0 Å². The van der Waals surface area contributed by atoms with Gasteiger partial charge in [-0.1, -0.05) is 24.3 Å². The summed E-state index contributed by atoms with van der Waals surface area (Å²) in [5.74, 6) is -0.315. The third kappa shape index (κ3) is 4.50. The van der Waals surface area contributed by atoms with Gasteiger partial charge in [0.2, 0.25) is 0 Å². The first kappa shape index (κ1) is 23.4. The lowest BCUT2D eigenvalue weighted by Gasteiger charge is -2.25.